The number of anilines is 1. The first-order valence-corrected chi connectivity index (χ1v) is 6.72. The van der Waals surface area contributed by atoms with Crippen molar-refractivity contribution in [1.29, 1.82) is 0 Å². The Morgan fingerprint density at radius 3 is 2.70 bits per heavy atom. The molecule has 0 radical (unpaired) electrons. The summed E-state index contributed by atoms with van der Waals surface area (Å²) in [5, 5.41) is 4.87. The van der Waals surface area contributed by atoms with Gasteiger partial charge in [0.1, 0.15) is 0 Å². The normalized spacial score (nSPS) is 10.8. The summed E-state index contributed by atoms with van der Waals surface area (Å²) in [5.41, 5.74) is 2.47. The van der Waals surface area contributed by atoms with Crippen molar-refractivity contribution in [2.45, 2.75) is 19.8 Å². The summed E-state index contributed by atoms with van der Waals surface area (Å²) in [7, 11) is 0. The van der Waals surface area contributed by atoms with Crippen LogP contribution in [0.25, 0.3) is 21.8 Å². The third-order valence-corrected chi connectivity index (χ3v) is 3.21. The summed E-state index contributed by atoms with van der Waals surface area (Å²) in [4.78, 5) is 20.6. The number of carbonyl (C=O) groups excluding carboxylic acids is 1. The molecule has 100 valence electrons. The average molecular weight is 265 g/mol. The predicted octanol–water partition coefficient (Wildman–Crippen LogP) is 3.52. The lowest BCUT2D eigenvalue weighted by Crippen LogP contribution is -2.11. The summed E-state index contributed by atoms with van der Waals surface area (Å²) in [6, 6.07) is 9.64. The van der Waals surface area contributed by atoms with E-state index in [1.54, 1.807) is 12.4 Å². The number of benzene rings is 1. The van der Waals surface area contributed by atoms with Crippen LogP contribution in [0, 0.1) is 0 Å². The zero-order valence-electron chi connectivity index (χ0n) is 11.3. The van der Waals surface area contributed by atoms with E-state index in [0.717, 1.165) is 33.9 Å². The summed E-state index contributed by atoms with van der Waals surface area (Å²) in [6.45, 7) is 1.99. The molecule has 1 aromatic carbocycles. The number of amides is 1. The molecule has 0 fully saturated rings. The zero-order valence-corrected chi connectivity index (χ0v) is 11.3. The molecule has 0 saturated carbocycles. The molecular formula is C16H15N3O. The van der Waals surface area contributed by atoms with Gasteiger partial charge in [-0.15, -0.1) is 0 Å². The Hall–Kier alpha value is -2.49. The molecule has 0 bridgehead atoms. The largest absolute Gasteiger partial charge is 0.325 e. The van der Waals surface area contributed by atoms with E-state index in [-0.39, 0.29) is 5.91 Å². The standard InChI is InChI=1S/C16H15N3O/c1-2-5-14(20)19-13-10-11-6-3-8-17-15(11)16-12(13)7-4-9-18-16/h3-4,6-10H,2,5H2,1H3,(H,19,20). The molecule has 3 rings (SSSR count). The van der Waals surface area contributed by atoms with Gasteiger partial charge < -0.3 is 5.32 Å². The number of aromatic nitrogens is 2. The van der Waals surface area contributed by atoms with Crippen LogP contribution in [-0.2, 0) is 4.79 Å². The number of carbonyl (C=O) groups is 1. The van der Waals surface area contributed by atoms with Crippen molar-refractivity contribution < 1.29 is 4.79 Å². The van der Waals surface area contributed by atoms with Gasteiger partial charge in [0, 0.05) is 29.6 Å². The second kappa shape index (κ2) is 5.25. The fourth-order valence-electron chi connectivity index (χ4n) is 2.32. The van der Waals surface area contributed by atoms with Gasteiger partial charge in [0.15, 0.2) is 0 Å². The average Bonchev–Trinajstić information content (AvgIpc) is 2.48. The Morgan fingerprint density at radius 2 is 1.90 bits per heavy atom. The van der Waals surface area contributed by atoms with Crippen LogP contribution in [0.4, 0.5) is 5.69 Å². The molecule has 1 amide bonds. The number of nitrogens with zero attached hydrogens (tertiary/aromatic N) is 2. The van der Waals surface area contributed by atoms with Crippen LogP contribution in [0.5, 0.6) is 0 Å². The van der Waals surface area contributed by atoms with Crippen LogP contribution in [0.2, 0.25) is 0 Å². The van der Waals surface area contributed by atoms with Crippen molar-refractivity contribution >= 4 is 33.4 Å². The van der Waals surface area contributed by atoms with Crippen LogP contribution in [0.3, 0.4) is 0 Å². The number of pyridine rings is 2. The molecule has 1 N–H and O–H groups in total. The Kier molecular flexibility index (Phi) is 3.29. The minimum Gasteiger partial charge on any atom is -0.325 e. The molecule has 0 atom stereocenters. The van der Waals surface area contributed by atoms with Gasteiger partial charge in [0.2, 0.25) is 5.91 Å². The highest BCUT2D eigenvalue weighted by Crippen LogP contribution is 2.29. The molecule has 0 saturated heterocycles. The Morgan fingerprint density at radius 1 is 1.15 bits per heavy atom. The molecule has 0 spiro atoms. The molecular weight excluding hydrogens is 250 g/mol. The molecule has 2 aromatic heterocycles. The minimum atomic E-state index is 0.0286. The lowest BCUT2D eigenvalue weighted by Gasteiger charge is -2.10. The first-order valence-electron chi connectivity index (χ1n) is 6.72. The Balaban J connectivity index is 2.21. The molecule has 4 nitrogen and oxygen atoms in total. The molecule has 4 heteroatoms. The van der Waals surface area contributed by atoms with Crippen LogP contribution < -0.4 is 5.32 Å². The lowest BCUT2D eigenvalue weighted by molar-refractivity contribution is -0.116. The van der Waals surface area contributed by atoms with Crippen molar-refractivity contribution in [3.8, 4) is 0 Å². The van der Waals surface area contributed by atoms with Gasteiger partial charge in [-0.3, -0.25) is 14.8 Å². The van der Waals surface area contributed by atoms with Gasteiger partial charge in [-0.25, -0.2) is 0 Å². The Bertz CT molecular complexity index is 783. The third-order valence-electron chi connectivity index (χ3n) is 3.21. The number of nitrogens with one attached hydrogen (secondary N) is 1. The maximum absolute atomic E-state index is 11.8. The smallest absolute Gasteiger partial charge is 0.224 e. The molecule has 3 aromatic rings. The first-order chi connectivity index (χ1) is 9.79. The van der Waals surface area contributed by atoms with Crippen LogP contribution in [0.1, 0.15) is 19.8 Å². The highest BCUT2D eigenvalue weighted by atomic mass is 16.1. The second-order valence-electron chi connectivity index (χ2n) is 4.70. The number of rotatable bonds is 3. The van der Waals surface area contributed by atoms with E-state index < -0.39 is 0 Å². The SMILES string of the molecule is CCCC(=O)Nc1cc2cccnc2c2ncccc12. The van der Waals surface area contributed by atoms with Crippen molar-refractivity contribution in [3.63, 3.8) is 0 Å². The highest BCUT2D eigenvalue weighted by Gasteiger charge is 2.10. The maximum Gasteiger partial charge on any atom is 0.224 e. The van der Waals surface area contributed by atoms with Gasteiger partial charge in [-0.1, -0.05) is 13.0 Å². The van der Waals surface area contributed by atoms with E-state index in [1.807, 2.05) is 37.3 Å². The van der Waals surface area contributed by atoms with Crippen LogP contribution in [0.15, 0.2) is 42.7 Å². The summed E-state index contributed by atoms with van der Waals surface area (Å²) in [6.07, 6.45) is 4.85. The van der Waals surface area contributed by atoms with E-state index in [2.05, 4.69) is 15.3 Å². The quantitative estimate of drug-likeness (QED) is 0.737. The highest BCUT2D eigenvalue weighted by molar-refractivity contribution is 6.11. The predicted molar refractivity (Wildman–Crippen MR) is 80.6 cm³/mol. The minimum absolute atomic E-state index is 0.0286. The topological polar surface area (TPSA) is 54.9 Å². The fourth-order valence-corrected chi connectivity index (χ4v) is 2.32. The fraction of sp³-hybridized carbons (Fsp3) is 0.188. The van der Waals surface area contributed by atoms with E-state index in [1.165, 1.54) is 0 Å². The molecule has 0 aliphatic rings. The van der Waals surface area contributed by atoms with Crippen molar-refractivity contribution in [3.05, 3.63) is 42.7 Å². The molecule has 0 aliphatic carbocycles. The number of fused-ring (bicyclic) bond motifs is 3. The van der Waals surface area contributed by atoms with Crippen molar-refractivity contribution in [1.82, 2.24) is 9.97 Å². The van der Waals surface area contributed by atoms with Crippen LogP contribution >= 0.6 is 0 Å². The first kappa shape index (κ1) is 12.5. The van der Waals surface area contributed by atoms with Gasteiger partial charge in [-0.05, 0) is 30.7 Å². The van der Waals surface area contributed by atoms with E-state index in [9.17, 15) is 4.79 Å². The van der Waals surface area contributed by atoms with Gasteiger partial charge in [0.25, 0.3) is 0 Å². The number of hydrogen-bond donors (Lipinski definition) is 1. The van der Waals surface area contributed by atoms with Gasteiger partial charge >= 0.3 is 0 Å². The molecule has 2 heterocycles. The molecule has 20 heavy (non-hydrogen) atoms. The second-order valence-corrected chi connectivity index (χ2v) is 4.70. The third kappa shape index (κ3) is 2.20. The zero-order chi connectivity index (χ0) is 13.9. The van der Waals surface area contributed by atoms with Crippen LogP contribution in [-0.4, -0.2) is 15.9 Å². The lowest BCUT2D eigenvalue weighted by atomic mass is 10.1. The maximum atomic E-state index is 11.8. The van der Waals surface area contributed by atoms with E-state index in [4.69, 9.17) is 0 Å². The summed E-state index contributed by atoms with van der Waals surface area (Å²) >= 11 is 0. The molecule has 0 unspecified atom stereocenters. The Labute approximate surface area is 116 Å². The summed E-state index contributed by atoms with van der Waals surface area (Å²) in [5.74, 6) is 0.0286. The van der Waals surface area contributed by atoms with Crippen molar-refractivity contribution in [2.75, 3.05) is 5.32 Å². The van der Waals surface area contributed by atoms with Crippen molar-refractivity contribution in [2.24, 2.45) is 0 Å². The number of hydrogen-bond acceptors (Lipinski definition) is 3. The van der Waals surface area contributed by atoms with Gasteiger partial charge in [-0.2, -0.15) is 0 Å². The van der Waals surface area contributed by atoms with Gasteiger partial charge in [0.05, 0.1) is 16.7 Å². The monoisotopic (exact) mass is 265 g/mol. The van der Waals surface area contributed by atoms with E-state index in [0.29, 0.717) is 6.42 Å². The van der Waals surface area contributed by atoms with E-state index >= 15 is 0 Å². The summed E-state index contributed by atoms with van der Waals surface area (Å²) < 4.78 is 0. The molecule has 0 aliphatic heterocycles.